The molecule has 2 aromatic rings. The highest BCUT2D eigenvalue weighted by Gasteiger charge is 2.47. The van der Waals surface area contributed by atoms with E-state index in [1.165, 1.54) is 11.7 Å². The number of nitrogens with zero attached hydrogens (tertiary/aromatic N) is 1. The van der Waals surface area contributed by atoms with Gasteiger partial charge in [0.25, 0.3) is 5.56 Å². The summed E-state index contributed by atoms with van der Waals surface area (Å²) < 4.78 is 33.8. The van der Waals surface area contributed by atoms with E-state index in [9.17, 15) is 9.90 Å². The number of halogens is 1. The Labute approximate surface area is 177 Å². The Morgan fingerprint density at radius 3 is 2.63 bits per heavy atom. The molecule has 0 bridgehead atoms. The van der Waals surface area contributed by atoms with Gasteiger partial charge >= 0.3 is 0 Å². The van der Waals surface area contributed by atoms with Crippen molar-refractivity contribution < 1.29 is 23.4 Å². The Balaban J connectivity index is 2.05. The predicted molar refractivity (Wildman–Crippen MR) is 116 cm³/mol. The fraction of sp³-hybridized carbons (Fsp3) is 0.500. The van der Waals surface area contributed by atoms with Crippen LogP contribution in [0, 0.1) is 5.92 Å². The van der Waals surface area contributed by atoms with Crippen molar-refractivity contribution in [3.8, 4) is 17.2 Å². The Morgan fingerprint density at radius 2 is 2.03 bits per heavy atom. The van der Waals surface area contributed by atoms with E-state index in [1.54, 1.807) is 50.7 Å². The monoisotopic (exact) mass is 435 g/mol. The molecule has 3 rings (SSSR count). The van der Waals surface area contributed by atoms with E-state index in [0.717, 1.165) is 5.56 Å². The van der Waals surface area contributed by atoms with Crippen LogP contribution in [0.4, 0.5) is 4.11 Å². The fourth-order valence-electron chi connectivity index (χ4n) is 4.39. The number of pyridine rings is 1. The zero-order valence-corrected chi connectivity index (χ0v) is 19.1. The van der Waals surface area contributed by atoms with E-state index >= 15 is 4.11 Å². The summed E-state index contributed by atoms with van der Waals surface area (Å²) in [6.45, 7) is 5.20. The lowest BCUT2D eigenvalue weighted by Gasteiger charge is -2.43. The zero-order valence-electron chi connectivity index (χ0n) is 18.1. The lowest BCUT2D eigenvalue weighted by molar-refractivity contribution is -0.0250. The molecule has 0 saturated heterocycles. The predicted octanol–water partition coefficient (Wildman–Crippen LogP) is 3.86. The molecule has 1 aromatic heterocycles. The number of rotatable bonds is 7. The number of aliphatic hydroxyl groups excluding tert-OH is 1. The van der Waals surface area contributed by atoms with Crippen LogP contribution in [0.2, 0.25) is 18.6 Å². The third kappa shape index (κ3) is 4.17. The van der Waals surface area contributed by atoms with Crippen molar-refractivity contribution in [1.29, 1.82) is 0 Å². The lowest BCUT2D eigenvalue weighted by Crippen LogP contribution is -2.46. The van der Waals surface area contributed by atoms with Crippen LogP contribution < -0.4 is 15.0 Å². The van der Waals surface area contributed by atoms with Crippen LogP contribution in [-0.2, 0) is 4.74 Å². The van der Waals surface area contributed by atoms with Crippen LogP contribution in [0.3, 0.4) is 0 Å². The van der Waals surface area contributed by atoms with Crippen LogP contribution in [0.25, 0.3) is 5.69 Å². The summed E-state index contributed by atoms with van der Waals surface area (Å²) in [5, 5.41) is 9.49. The Bertz CT molecular complexity index is 942. The summed E-state index contributed by atoms with van der Waals surface area (Å²) >= 11 is 0. The number of fused-ring (bicyclic) bond motifs is 1. The molecule has 6 nitrogen and oxygen atoms in total. The first-order chi connectivity index (χ1) is 14.2. The molecule has 8 heteroatoms. The molecule has 4 atom stereocenters. The maximum absolute atomic E-state index is 15.1. The number of aromatic nitrogens is 1. The van der Waals surface area contributed by atoms with Crippen molar-refractivity contribution in [3.05, 3.63) is 52.4 Å². The lowest BCUT2D eigenvalue weighted by atomic mass is 9.86. The second-order valence-corrected chi connectivity index (χ2v) is 12.1. The van der Waals surface area contributed by atoms with Crippen molar-refractivity contribution in [1.82, 2.24) is 4.57 Å². The molecule has 0 saturated carbocycles. The summed E-state index contributed by atoms with van der Waals surface area (Å²) in [7, 11) is 0.00126. The average Bonchev–Trinajstić information content (AvgIpc) is 2.71. The van der Waals surface area contributed by atoms with Crippen LogP contribution >= 0.6 is 0 Å². The molecule has 2 heterocycles. The smallest absolute Gasteiger partial charge is 0.297 e. The van der Waals surface area contributed by atoms with Gasteiger partial charge in [-0.3, -0.25) is 9.36 Å². The van der Waals surface area contributed by atoms with Gasteiger partial charge in [-0.25, -0.2) is 0 Å². The highest BCUT2D eigenvalue weighted by Crippen LogP contribution is 2.47. The third-order valence-corrected chi connectivity index (χ3v) is 8.32. The van der Waals surface area contributed by atoms with Gasteiger partial charge in [0.1, 0.15) is 11.9 Å². The van der Waals surface area contributed by atoms with E-state index in [1.807, 2.05) is 13.0 Å². The molecule has 1 aromatic carbocycles. The van der Waals surface area contributed by atoms with Crippen molar-refractivity contribution in [3.63, 3.8) is 0 Å². The Morgan fingerprint density at radius 1 is 1.30 bits per heavy atom. The average molecular weight is 436 g/mol. The summed E-state index contributed by atoms with van der Waals surface area (Å²) in [5.74, 6) is 0.745. The Kier molecular flexibility index (Phi) is 6.69. The highest BCUT2D eigenvalue weighted by molar-refractivity contribution is 6.72. The molecule has 1 aliphatic heterocycles. The number of hydrogen-bond donors (Lipinski definition) is 1. The molecule has 0 spiro atoms. The first-order valence-electron chi connectivity index (χ1n) is 10.1. The van der Waals surface area contributed by atoms with Crippen molar-refractivity contribution >= 4 is 8.41 Å². The van der Waals surface area contributed by atoms with Crippen LogP contribution in [0.1, 0.15) is 25.0 Å². The van der Waals surface area contributed by atoms with Gasteiger partial charge in [0, 0.05) is 42.6 Å². The van der Waals surface area contributed by atoms with Crippen LogP contribution in [-0.4, -0.2) is 45.0 Å². The molecule has 30 heavy (non-hydrogen) atoms. The second kappa shape index (κ2) is 8.91. The SMILES string of the molecule is COc1cccn(-c2ccc3c(c2)[C@H](OC)[C@@H](C)[C@H](C(CCO)[Si](C)(C)F)O3)c1=O. The normalized spacial score (nSPS) is 22.2. The van der Waals surface area contributed by atoms with Crippen molar-refractivity contribution in [2.24, 2.45) is 5.92 Å². The molecule has 0 radical (unpaired) electrons. The first-order valence-corrected chi connectivity index (χ1v) is 13.1. The van der Waals surface area contributed by atoms with Gasteiger partial charge in [0.2, 0.25) is 8.41 Å². The van der Waals surface area contributed by atoms with Gasteiger partial charge in [-0.2, -0.15) is 0 Å². The van der Waals surface area contributed by atoms with Crippen LogP contribution in [0.15, 0.2) is 41.3 Å². The minimum Gasteiger partial charge on any atom is -0.491 e. The Hall–Kier alpha value is -2.16. The van der Waals surface area contributed by atoms with Gasteiger partial charge < -0.3 is 23.4 Å². The quantitative estimate of drug-likeness (QED) is 0.528. The van der Waals surface area contributed by atoms with Gasteiger partial charge in [0.05, 0.1) is 13.2 Å². The van der Waals surface area contributed by atoms with Crippen molar-refractivity contribution in [2.75, 3.05) is 20.8 Å². The zero-order chi connectivity index (χ0) is 22.1. The minimum atomic E-state index is -3.08. The van der Waals surface area contributed by atoms with E-state index in [0.29, 0.717) is 17.9 Å². The van der Waals surface area contributed by atoms with E-state index in [4.69, 9.17) is 14.2 Å². The standard InChI is InChI=1S/C22H30FNO5Si/c1-14-20(28-3)16-13-15(24-11-6-7-18(27-2)22(24)26)8-9-17(16)29-21(14)19(10-12-25)30(4,5)23/h6-9,11,13-14,19-21,25H,10,12H2,1-5H3/t14-,19?,20-,21-/m1/s1. The van der Waals surface area contributed by atoms with Gasteiger partial charge in [0.15, 0.2) is 5.75 Å². The summed E-state index contributed by atoms with van der Waals surface area (Å²) in [6, 6.07) is 8.82. The minimum absolute atomic E-state index is 0.0835. The van der Waals surface area contributed by atoms with Crippen molar-refractivity contribution in [2.45, 2.75) is 44.2 Å². The van der Waals surface area contributed by atoms with Crippen LogP contribution in [0.5, 0.6) is 11.5 Å². The highest BCUT2D eigenvalue weighted by atomic mass is 28.4. The molecule has 1 unspecified atom stereocenters. The third-order valence-electron chi connectivity index (χ3n) is 5.94. The van der Waals surface area contributed by atoms with E-state index in [2.05, 4.69) is 0 Å². The second-order valence-electron chi connectivity index (χ2n) is 8.25. The molecular weight excluding hydrogens is 405 g/mol. The number of hydrogen-bond acceptors (Lipinski definition) is 5. The summed E-state index contributed by atoms with van der Waals surface area (Å²) in [6.07, 6.45) is 1.32. The topological polar surface area (TPSA) is 69.9 Å². The molecule has 0 fully saturated rings. The molecule has 0 aliphatic carbocycles. The number of ether oxygens (including phenoxy) is 3. The van der Waals surface area contributed by atoms with Gasteiger partial charge in [-0.05, 0) is 49.8 Å². The van der Waals surface area contributed by atoms with E-state index < -0.39 is 14.5 Å². The van der Waals surface area contributed by atoms with Gasteiger partial charge in [-0.1, -0.05) is 6.92 Å². The molecule has 0 amide bonds. The maximum atomic E-state index is 15.1. The molecular formula is C22H30FNO5Si. The van der Waals surface area contributed by atoms with Gasteiger partial charge in [-0.15, -0.1) is 0 Å². The number of aliphatic hydroxyl groups is 1. The molecule has 1 N–H and O–H groups in total. The molecule has 164 valence electrons. The number of methoxy groups -OCH3 is 2. The molecule has 1 aliphatic rings. The first kappa shape index (κ1) is 22.5. The summed E-state index contributed by atoms with van der Waals surface area (Å²) in [5.41, 5.74) is 0.865. The largest absolute Gasteiger partial charge is 0.491 e. The van der Waals surface area contributed by atoms with E-state index in [-0.39, 0.29) is 35.5 Å². The number of benzene rings is 1. The maximum Gasteiger partial charge on any atom is 0.297 e. The fourth-order valence-corrected chi connectivity index (χ4v) is 6.35. The summed E-state index contributed by atoms with van der Waals surface area (Å²) in [4.78, 5) is 12.6.